The summed E-state index contributed by atoms with van der Waals surface area (Å²) in [6, 6.07) is 21.2. The Labute approximate surface area is 215 Å². The Morgan fingerprint density at radius 2 is 1.89 bits per heavy atom. The van der Waals surface area contributed by atoms with E-state index in [0.717, 1.165) is 36.6 Å². The normalized spacial score (nSPS) is 22.9. The van der Waals surface area contributed by atoms with Crippen LogP contribution < -0.4 is 0 Å². The molecule has 0 spiro atoms. The highest BCUT2D eigenvalue weighted by Gasteiger charge is 2.55. The smallest absolute Gasteiger partial charge is 0.222 e. The molecular weight excluding hydrogens is 478 g/mol. The van der Waals surface area contributed by atoms with Crippen molar-refractivity contribution in [2.75, 3.05) is 13.1 Å². The van der Waals surface area contributed by atoms with Gasteiger partial charge in [0, 0.05) is 19.5 Å². The quantitative estimate of drug-likeness (QED) is 0.366. The van der Waals surface area contributed by atoms with Gasteiger partial charge < -0.3 is 4.90 Å². The lowest BCUT2D eigenvalue weighted by Gasteiger charge is -2.17. The van der Waals surface area contributed by atoms with Gasteiger partial charge in [0.05, 0.1) is 10.6 Å². The van der Waals surface area contributed by atoms with Crippen molar-refractivity contribution in [3.63, 3.8) is 0 Å². The number of rotatable bonds is 7. The van der Waals surface area contributed by atoms with E-state index in [9.17, 15) is 18.8 Å². The average Bonchev–Trinajstić information content (AvgIpc) is 3.36. The molecule has 0 aromatic heterocycles. The summed E-state index contributed by atoms with van der Waals surface area (Å²) in [5.41, 5.74) is 2.96. The van der Waals surface area contributed by atoms with Crippen LogP contribution in [0.5, 0.6) is 0 Å². The van der Waals surface area contributed by atoms with Crippen molar-refractivity contribution in [1.82, 2.24) is 4.90 Å². The summed E-state index contributed by atoms with van der Waals surface area (Å²) < 4.78 is 28.3. The molecule has 3 nitrogen and oxygen atoms in total. The van der Waals surface area contributed by atoms with Crippen molar-refractivity contribution < 1.29 is 13.6 Å². The standard InChI is InChI=1S/C30H27ClF2N2O/c31-26-16-20(7-8-21(26)17-34)29-25(15-23-14-24(32)9-10-27(23)33)30(29)22-12-13-35(18-22)28(36)11-6-19-4-2-1-3-5-19/h1-5,7-10,14,16,22,25,29-30H,6,11-13,15,18H2/t22-,25?,29?,30?/m0/s1. The van der Waals surface area contributed by atoms with E-state index in [0.29, 0.717) is 35.5 Å². The van der Waals surface area contributed by atoms with Crippen molar-refractivity contribution in [3.05, 3.63) is 106 Å². The molecule has 3 aromatic rings. The molecule has 1 saturated heterocycles. The second-order valence-corrected chi connectivity index (χ2v) is 10.3. The first kappa shape index (κ1) is 24.5. The second-order valence-electron chi connectivity index (χ2n) is 9.93. The summed E-state index contributed by atoms with van der Waals surface area (Å²) in [4.78, 5) is 14.9. The van der Waals surface area contributed by atoms with Crippen LogP contribution in [0.1, 0.15) is 41.0 Å². The summed E-state index contributed by atoms with van der Waals surface area (Å²) in [5, 5.41) is 9.64. The van der Waals surface area contributed by atoms with Crippen molar-refractivity contribution in [2.45, 2.75) is 31.6 Å². The number of hydrogen-bond donors (Lipinski definition) is 0. The number of nitriles is 1. The second kappa shape index (κ2) is 10.4. The lowest BCUT2D eigenvalue weighted by atomic mass is 9.97. The maximum absolute atomic E-state index is 14.5. The van der Waals surface area contributed by atoms with E-state index in [1.54, 1.807) is 6.07 Å². The molecule has 0 bridgehead atoms. The molecule has 1 aliphatic heterocycles. The lowest BCUT2D eigenvalue weighted by molar-refractivity contribution is -0.130. The van der Waals surface area contributed by atoms with Gasteiger partial charge in [-0.1, -0.05) is 48.0 Å². The molecule has 2 fully saturated rings. The summed E-state index contributed by atoms with van der Waals surface area (Å²) in [6.45, 7) is 1.40. The highest BCUT2D eigenvalue weighted by atomic mass is 35.5. The van der Waals surface area contributed by atoms with Crippen LogP contribution in [-0.4, -0.2) is 23.9 Å². The van der Waals surface area contributed by atoms with Gasteiger partial charge in [0.15, 0.2) is 0 Å². The first-order valence-electron chi connectivity index (χ1n) is 12.4. The monoisotopic (exact) mass is 504 g/mol. The minimum Gasteiger partial charge on any atom is -0.342 e. The molecule has 36 heavy (non-hydrogen) atoms. The van der Waals surface area contributed by atoms with E-state index in [1.165, 1.54) is 12.1 Å². The molecule has 3 unspecified atom stereocenters. The zero-order valence-electron chi connectivity index (χ0n) is 19.8. The number of amides is 1. The maximum Gasteiger partial charge on any atom is 0.222 e. The molecule has 184 valence electrons. The number of carbonyl (C=O) groups excluding carboxylic acids is 1. The topological polar surface area (TPSA) is 44.1 Å². The highest BCUT2D eigenvalue weighted by Crippen LogP contribution is 2.61. The molecule has 1 aliphatic carbocycles. The number of benzene rings is 3. The Morgan fingerprint density at radius 1 is 1.08 bits per heavy atom. The highest BCUT2D eigenvalue weighted by molar-refractivity contribution is 6.31. The largest absolute Gasteiger partial charge is 0.342 e. The van der Waals surface area contributed by atoms with Crippen LogP contribution in [0.4, 0.5) is 8.78 Å². The molecule has 5 rings (SSSR count). The molecule has 1 amide bonds. The predicted octanol–water partition coefficient (Wildman–Crippen LogP) is 6.54. The Morgan fingerprint density at radius 3 is 2.64 bits per heavy atom. The van der Waals surface area contributed by atoms with Gasteiger partial charge in [0.1, 0.15) is 17.7 Å². The third kappa shape index (κ3) is 5.15. The van der Waals surface area contributed by atoms with E-state index in [2.05, 4.69) is 6.07 Å². The van der Waals surface area contributed by atoms with E-state index in [4.69, 9.17) is 11.6 Å². The Balaban J connectivity index is 1.31. The maximum atomic E-state index is 14.5. The van der Waals surface area contributed by atoms with Gasteiger partial charge in [-0.3, -0.25) is 4.79 Å². The zero-order valence-corrected chi connectivity index (χ0v) is 20.6. The van der Waals surface area contributed by atoms with Crippen LogP contribution in [0.2, 0.25) is 5.02 Å². The molecule has 6 heteroatoms. The average molecular weight is 505 g/mol. The summed E-state index contributed by atoms with van der Waals surface area (Å²) >= 11 is 6.33. The summed E-state index contributed by atoms with van der Waals surface area (Å²) in [5.74, 6) is 0.0837. The number of hydrogen-bond acceptors (Lipinski definition) is 2. The van der Waals surface area contributed by atoms with Gasteiger partial charge in [-0.05, 0) is 90.0 Å². The van der Waals surface area contributed by atoms with Crippen LogP contribution in [-0.2, 0) is 17.6 Å². The third-order valence-corrected chi connectivity index (χ3v) is 8.10. The number of likely N-dealkylation sites (tertiary alicyclic amines) is 1. The fourth-order valence-corrected chi connectivity index (χ4v) is 6.17. The molecule has 1 saturated carbocycles. The van der Waals surface area contributed by atoms with Gasteiger partial charge in [-0.15, -0.1) is 0 Å². The number of halogens is 3. The van der Waals surface area contributed by atoms with Crippen LogP contribution in [0.3, 0.4) is 0 Å². The van der Waals surface area contributed by atoms with E-state index in [-0.39, 0.29) is 29.6 Å². The number of carbonyl (C=O) groups is 1. The number of aryl methyl sites for hydroxylation is 1. The van der Waals surface area contributed by atoms with Gasteiger partial charge in [-0.2, -0.15) is 5.26 Å². The first-order chi connectivity index (χ1) is 17.4. The van der Waals surface area contributed by atoms with Crippen molar-refractivity contribution >= 4 is 17.5 Å². The van der Waals surface area contributed by atoms with Gasteiger partial charge in [-0.25, -0.2) is 8.78 Å². The minimum absolute atomic E-state index is 0.120. The van der Waals surface area contributed by atoms with Crippen molar-refractivity contribution in [2.24, 2.45) is 17.8 Å². The van der Waals surface area contributed by atoms with Crippen LogP contribution >= 0.6 is 11.6 Å². The lowest BCUT2D eigenvalue weighted by Crippen LogP contribution is -2.29. The minimum atomic E-state index is -0.447. The van der Waals surface area contributed by atoms with Gasteiger partial charge in [0.2, 0.25) is 5.91 Å². The van der Waals surface area contributed by atoms with Crippen LogP contribution in [0, 0.1) is 40.7 Å². The number of nitrogens with zero attached hydrogens (tertiary/aromatic N) is 2. The molecule has 0 N–H and O–H groups in total. The van der Waals surface area contributed by atoms with E-state index in [1.807, 2.05) is 47.4 Å². The van der Waals surface area contributed by atoms with Crippen LogP contribution in [0.25, 0.3) is 0 Å². The Kier molecular flexibility index (Phi) is 7.07. The van der Waals surface area contributed by atoms with E-state index < -0.39 is 11.6 Å². The zero-order chi connectivity index (χ0) is 25.2. The molecule has 4 atom stereocenters. The van der Waals surface area contributed by atoms with Crippen LogP contribution in [0.15, 0.2) is 66.7 Å². The Hall–Kier alpha value is -3.23. The van der Waals surface area contributed by atoms with Gasteiger partial charge >= 0.3 is 0 Å². The summed E-state index contributed by atoms with van der Waals surface area (Å²) in [6.07, 6.45) is 2.52. The molecular formula is C30H27ClF2N2O. The fourth-order valence-electron chi connectivity index (χ4n) is 5.94. The molecule has 2 aliphatic rings. The van der Waals surface area contributed by atoms with Crippen molar-refractivity contribution in [1.29, 1.82) is 5.26 Å². The molecule has 0 radical (unpaired) electrons. The third-order valence-electron chi connectivity index (χ3n) is 7.78. The summed E-state index contributed by atoms with van der Waals surface area (Å²) in [7, 11) is 0. The molecule has 3 aromatic carbocycles. The first-order valence-corrected chi connectivity index (χ1v) is 12.8. The SMILES string of the molecule is N#Cc1ccc(C2C(Cc3cc(F)ccc3F)C2[C@H]2CCN(C(=O)CCc3ccccc3)C2)cc1Cl. The predicted molar refractivity (Wildman–Crippen MR) is 135 cm³/mol. The van der Waals surface area contributed by atoms with Crippen molar-refractivity contribution in [3.8, 4) is 6.07 Å². The fraction of sp³-hybridized carbons (Fsp3) is 0.333. The molecule has 1 heterocycles. The van der Waals surface area contributed by atoms with E-state index >= 15 is 0 Å². The van der Waals surface area contributed by atoms with Gasteiger partial charge in [0.25, 0.3) is 0 Å². The Bertz CT molecular complexity index is 1310.